The number of nitrogens with one attached hydrogen (secondary N) is 1. The zero-order chi connectivity index (χ0) is 14.9. The average molecular weight is 308 g/mol. The Labute approximate surface area is 121 Å². The van der Waals surface area contributed by atoms with Crippen LogP contribution in [0.4, 0.5) is 5.69 Å². The molecule has 1 fully saturated rings. The normalized spacial score (nSPS) is 16.9. The van der Waals surface area contributed by atoms with Gasteiger partial charge in [0.1, 0.15) is 11.4 Å². The van der Waals surface area contributed by atoms with Crippen molar-refractivity contribution in [2.24, 2.45) is 0 Å². The summed E-state index contributed by atoms with van der Waals surface area (Å²) in [6.07, 6.45) is 0. The second-order valence-electron chi connectivity index (χ2n) is 4.20. The molecule has 1 aliphatic heterocycles. The highest BCUT2D eigenvalue weighted by atomic mass is 32.3. The standard InChI is InChI=1S/C13H12N2O5S/c1-18-13-8-7-11(10-5-3-2-4-6-10)9-12(13)15-14-19-21(16,17)20-15/h2-9,14H,1H3. The first-order chi connectivity index (χ1) is 10.1. The van der Waals surface area contributed by atoms with Crippen molar-refractivity contribution < 1.29 is 21.7 Å². The molecule has 0 spiro atoms. The minimum Gasteiger partial charge on any atom is -0.494 e. The fourth-order valence-electron chi connectivity index (χ4n) is 1.95. The van der Waals surface area contributed by atoms with Crippen molar-refractivity contribution in [3.05, 3.63) is 48.5 Å². The van der Waals surface area contributed by atoms with E-state index in [-0.39, 0.29) is 0 Å². The van der Waals surface area contributed by atoms with Crippen LogP contribution in [-0.2, 0) is 19.0 Å². The van der Waals surface area contributed by atoms with Crippen LogP contribution in [0.1, 0.15) is 0 Å². The van der Waals surface area contributed by atoms with Crippen molar-refractivity contribution in [1.29, 1.82) is 0 Å². The Bertz CT molecular complexity index is 748. The number of nitrogens with zero attached hydrogens (tertiary/aromatic N) is 1. The lowest BCUT2D eigenvalue weighted by Gasteiger charge is -2.16. The summed E-state index contributed by atoms with van der Waals surface area (Å²) in [4.78, 5) is 0. The van der Waals surface area contributed by atoms with Gasteiger partial charge in [0.2, 0.25) is 0 Å². The molecule has 1 aliphatic rings. The molecule has 110 valence electrons. The predicted octanol–water partition coefficient (Wildman–Crippen LogP) is 1.79. The molecule has 0 unspecified atom stereocenters. The van der Waals surface area contributed by atoms with Crippen LogP contribution in [0.3, 0.4) is 0 Å². The van der Waals surface area contributed by atoms with E-state index in [1.807, 2.05) is 36.4 Å². The number of hydrogen-bond donors (Lipinski definition) is 1. The van der Waals surface area contributed by atoms with Crippen molar-refractivity contribution in [2.75, 3.05) is 12.3 Å². The Kier molecular flexibility index (Phi) is 3.52. The lowest BCUT2D eigenvalue weighted by atomic mass is 10.0. The molecule has 2 aromatic carbocycles. The van der Waals surface area contributed by atoms with Gasteiger partial charge in [0.05, 0.1) is 7.11 Å². The largest absolute Gasteiger partial charge is 0.494 e. The van der Waals surface area contributed by atoms with Crippen LogP contribution >= 0.6 is 0 Å². The molecule has 0 bridgehead atoms. The molecule has 0 aliphatic carbocycles. The highest BCUT2D eigenvalue weighted by Crippen LogP contribution is 2.34. The average Bonchev–Trinajstić information content (AvgIpc) is 2.87. The maximum Gasteiger partial charge on any atom is 0.440 e. The monoisotopic (exact) mass is 308 g/mol. The molecule has 8 heteroatoms. The Morgan fingerprint density at radius 2 is 1.86 bits per heavy atom. The molecule has 1 heterocycles. The van der Waals surface area contributed by atoms with Gasteiger partial charge in [-0.1, -0.05) is 42.0 Å². The summed E-state index contributed by atoms with van der Waals surface area (Å²) in [7, 11) is -2.61. The van der Waals surface area contributed by atoms with Gasteiger partial charge in [0, 0.05) is 0 Å². The van der Waals surface area contributed by atoms with Gasteiger partial charge >= 0.3 is 10.4 Å². The minimum atomic E-state index is -4.09. The lowest BCUT2D eigenvalue weighted by molar-refractivity contribution is 0.196. The third-order valence-electron chi connectivity index (χ3n) is 2.89. The van der Waals surface area contributed by atoms with E-state index in [1.54, 1.807) is 12.1 Å². The van der Waals surface area contributed by atoms with Gasteiger partial charge in [-0.15, -0.1) is 13.7 Å². The van der Waals surface area contributed by atoms with E-state index in [2.05, 4.69) is 14.2 Å². The maximum absolute atomic E-state index is 11.2. The van der Waals surface area contributed by atoms with Crippen LogP contribution in [0.25, 0.3) is 11.1 Å². The van der Waals surface area contributed by atoms with Gasteiger partial charge in [-0.2, -0.15) is 8.42 Å². The Balaban J connectivity index is 2.02. The smallest absolute Gasteiger partial charge is 0.440 e. The molecule has 1 saturated heterocycles. The van der Waals surface area contributed by atoms with Crippen LogP contribution in [0, 0.1) is 0 Å². The quantitative estimate of drug-likeness (QED) is 0.926. The number of hydrazine groups is 1. The third-order valence-corrected chi connectivity index (χ3v) is 3.50. The second kappa shape index (κ2) is 5.34. The molecule has 0 radical (unpaired) electrons. The molecular weight excluding hydrogens is 296 g/mol. The highest BCUT2D eigenvalue weighted by Gasteiger charge is 2.31. The molecule has 2 aromatic rings. The minimum absolute atomic E-state index is 0.375. The van der Waals surface area contributed by atoms with E-state index in [1.165, 1.54) is 7.11 Å². The van der Waals surface area contributed by atoms with E-state index in [0.717, 1.165) is 16.3 Å². The van der Waals surface area contributed by atoms with E-state index in [0.29, 0.717) is 11.4 Å². The molecule has 7 nitrogen and oxygen atoms in total. The summed E-state index contributed by atoms with van der Waals surface area (Å²) >= 11 is 0. The number of rotatable bonds is 3. The maximum atomic E-state index is 11.2. The Hall–Kier alpha value is -2.13. The van der Waals surface area contributed by atoms with Crippen LogP contribution in [-0.4, -0.2) is 15.5 Å². The number of benzene rings is 2. The number of hydrogen-bond acceptors (Lipinski definition) is 7. The van der Waals surface area contributed by atoms with Gasteiger partial charge in [0.25, 0.3) is 0 Å². The van der Waals surface area contributed by atoms with Gasteiger partial charge < -0.3 is 4.74 Å². The van der Waals surface area contributed by atoms with Gasteiger partial charge in [-0.3, -0.25) is 0 Å². The van der Waals surface area contributed by atoms with E-state index in [9.17, 15) is 8.42 Å². The van der Waals surface area contributed by atoms with Gasteiger partial charge in [-0.05, 0) is 23.3 Å². The van der Waals surface area contributed by atoms with Crippen LogP contribution < -0.4 is 15.5 Å². The van der Waals surface area contributed by atoms with E-state index >= 15 is 0 Å². The van der Waals surface area contributed by atoms with Gasteiger partial charge in [-0.25, -0.2) is 0 Å². The van der Waals surface area contributed by atoms with Crippen molar-refractivity contribution in [1.82, 2.24) is 5.59 Å². The molecule has 3 rings (SSSR count). The molecular formula is C13H12N2O5S. The number of ether oxygens (including phenoxy) is 1. The molecule has 1 N–H and O–H groups in total. The first-order valence-electron chi connectivity index (χ1n) is 6.01. The summed E-state index contributed by atoms with van der Waals surface area (Å²) in [5.74, 6) is 0.433. The fourth-order valence-corrected chi connectivity index (χ4v) is 2.43. The third kappa shape index (κ3) is 2.83. The molecule has 0 atom stereocenters. The van der Waals surface area contributed by atoms with Crippen molar-refractivity contribution in [3.8, 4) is 16.9 Å². The van der Waals surface area contributed by atoms with Crippen molar-refractivity contribution >= 4 is 16.1 Å². The zero-order valence-electron chi connectivity index (χ0n) is 11.0. The summed E-state index contributed by atoms with van der Waals surface area (Å²) in [5.41, 5.74) is 4.39. The predicted molar refractivity (Wildman–Crippen MR) is 75.1 cm³/mol. The van der Waals surface area contributed by atoms with E-state index < -0.39 is 10.4 Å². The summed E-state index contributed by atoms with van der Waals surface area (Å²) in [5, 5.41) is 0.889. The van der Waals surface area contributed by atoms with Gasteiger partial charge in [0.15, 0.2) is 0 Å². The molecule has 0 saturated carbocycles. The number of anilines is 1. The molecule has 0 amide bonds. The number of methoxy groups -OCH3 is 1. The van der Waals surface area contributed by atoms with Crippen molar-refractivity contribution in [3.63, 3.8) is 0 Å². The first kappa shape index (κ1) is 13.8. The second-order valence-corrected chi connectivity index (χ2v) is 5.34. The van der Waals surface area contributed by atoms with Crippen LogP contribution in [0.15, 0.2) is 48.5 Å². The van der Waals surface area contributed by atoms with E-state index in [4.69, 9.17) is 4.74 Å². The van der Waals surface area contributed by atoms with Crippen LogP contribution in [0.2, 0.25) is 0 Å². The zero-order valence-corrected chi connectivity index (χ0v) is 11.8. The lowest BCUT2D eigenvalue weighted by Crippen LogP contribution is -2.28. The Morgan fingerprint density at radius 1 is 1.10 bits per heavy atom. The SMILES string of the molecule is COc1ccc(-c2ccccc2)cc1N1NOS(=O)(=O)O1. The Morgan fingerprint density at radius 3 is 2.48 bits per heavy atom. The summed E-state index contributed by atoms with van der Waals surface area (Å²) in [6, 6.07) is 14.9. The fraction of sp³-hybridized carbons (Fsp3) is 0.0769. The van der Waals surface area contributed by atoms with Crippen LogP contribution in [0.5, 0.6) is 5.75 Å². The highest BCUT2D eigenvalue weighted by molar-refractivity contribution is 7.82. The summed E-state index contributed by atoms with van der Waals surface area (Å²) < 4.78 is 36.5. The first-order valence-corrected chi connectivity index (χ1v) is 7.35. The van der Waals surface area contributed by atoms with Crippen molar-refractivity contribution in [2.45, 2.75) is 0 Å². The summed E-state index contributed by atoms with van der Waals surface area (Å²) in [6.45, 7) is 0. The topological polar surface area (TPSA) is 77.1 Å². The molecule has 21 heavy (non-hydrogen) atoms. The molecule has 0 aromatic heterocycles.